The average molecular weight is 842 g/mol. The van der Waals surface area contributed by atoms with Gasteiger partial charge in [-0.1, -0.05) is 80.9 Å². The number of hydrogen-bond acceptors (Lipinski definition) is 12. The van der Waals surface area contributed by atoms with E-state index in [-0.39, 0.29) is 13.2 Å². The third-order valence-corrected chi connectivity index (χ3v) is 9.28. The Morgan fingerprint density at radius 1 is 0.717 bits per heavy atom. The van der Waals surface area contributed by atoms with Crippen LogP contribution in [-0.4, -0.2) is 123 Å². The van der Waals surface area contributed by atoms with E-state index in [9.17, 15) is 58.5 Å². The first-order valence-corrected chi connectivity index (χ1v) is 19.0. The number of carboxylic acids is 2. The number of nitrogens with one attached hydrogen (secondary N) is 6. The lowest BCUT2D eigenvalue weighted by Crippen LogP contribution is -2.61. The fraction of sp³-hybridized carbons (Fsp3) is 0.462. The van der Waals surface area contributed by atoms with Gasteiger partial charge in [-0.2, -0.15) is 0 Å². The van der Waals surface area contributed by atoms with E-state index in [1.54, 1.807) is 68.4 Å². The second-order valence-corrected chi connectivity index (χ2v) is 14.1. The van der Waals surface area contributed by atoms with E-state index in [0.29, 0.717) is 12.0 Å². The summed E-state index contributed by atoms with van der Waals surface area (Å²) >= 11 is 0. The Hall–Kier alpha value is -6.61. The Morgan fingerprint density at radius 2 is 1.30 bits per heavy atom. The average Bonchev–Trinajstić information content (AvgIpc) is 4.02. The number of ether oxygens (including phenoxy) is 2. The molecule has 0 saturated carbocycles. The first kappa shape index (κ1) is 47.8. The summed E-state index contributed by atoms with van der Waals surface area (Å²) in [6.45, 7) is 4.58. The number of hydrogen-bond donors (Lipinski definition) is 9. The molecule has 2 aromatic rings. The molecule has 3 rings (SSSR count). The number of carbonyl (C=O) groups is 9. The van der Waals surface area contributed by atoms with Crippen molar-refractivity contribution in [2.45, 2.75) is 102 Å². The zero-order valence-electron chi connectivity index (χ0n) is 33.4. The van der Waals surface area contributed by atoms with Crippen LogP contribution in [0.25, 0.3) is 0 Å². The molecular formula is C39H51N7O14. The number of aliphatic carboxylic acids is 2. The molecule has 60 heavy (non-hydrogen) atoms. The van der Waals surface area contributed by atoms with Gasteiger partial charge in [-0.3, -0.25) is 49.2 Å². The second kappa shape index (κ2) is 23.1. The molecule has 2 aromatic carbocycles. The minimum atomic E-state index is -1.89. The molecule has 1 fully saturated rings. The number of benzene rings is 2. The maximum atomic E-state index is 13.5. The van der Waals surface area contributed by atoms with Gasteiger partial charge in [-0.05, 0) is 30.4 Å². The molecule has 326 valence electrons. The van der Waals surface area contributed by atoms with E-state index in [1.807, 2.05) is 16.9 Å². The van der Waals surface area contributed by atoms with Gasteiger partial charge in [0.15, 0.2) is 12.2 Å². The minimum absolute atomic E-state index is 0.108. The van der Waals surface area contributed by atoms with Gasteiger partial charge in [0.1, 0.15) is 30.8 Å². The number of rotatable bonds is 22. The van der Waals surface area contributed by atoms with E-state index in [2.05, 4.69) is 21.3 Å². The Bertz CT molecular complexity index is 1850. The lowest BCUT2D eigenvalue weighted by molar-refractivity contribution is -0.142. The first-order valence-electron chi connectivity index (χ1n) is 19.0. The van der Waals surface area contributed by atoms with Crippen LogP contribution in [-0.2, 0) is 61.0 Å². The normalized spacial score (nSPS) is 17.1. The number of hydrazine groups is 1. The smallest absolute Gasteiger partial charge is 0.408 e. The Morgan fingerprint density at radius 3 is 1.87 bits per heavy atom. The van der Waals surface area contributed by atoms with Crippen molar-refractivity contribution in [2.75, 3.05) is 7.05 Å². The molecule has 0 bridgehead atoms. The highest BCUT2D eigenvalue weighted by molar-refractivity contribution is 5.98. The van der Waals surface area contributed by atoms with Crippen LogP contribution in [0.2, 0.25) is 0 Å². The van der Waals surface area contributed by atoms with E-state index >= 15 is 0 Å². The molecule has 0 spiro atoms. The fourth-order valence-corrected chi connectivity index (χ4v) is 5.63. The number of aliphatic hydroxyl groups excluding tert-OH is 1. The molecule has 1 aliphatic rings. The number of epoxide rings is 1. The van der Waals surface area contributed by atoms with Crippen LogP contribution in [0.15, 0.2) is 60.7 Å². The number of likely N-dealkylation sites (N-methyl/N-ethyl adjacent to an activating group) is 1. The number of carbonyl (C=O) groups excluding carboxylic acids is 7. The Balaban J connectivity index is 1.64. The van der Waals surface area contributed by atoms with Gasteiger partial charge in [-0.15, -0.1) is 0 Å². The van der Waals surface area contributed by atoms with E-state index in [0.717, 1.165) is 12.5 Å². The van der Waals surface area contributed by atoms with Crippen LogP contribution < -0.4 is 32.1 Å². The zero-order valence-corrected chi connectivity index (χ0v) is 33.4. The highest BCUT2D eigenvalue weighted by Crippen LogP contribution is 2.24. The van der Waals surface area contributed by atoms with Crippen molar-refractivity contribution in [1.82, 2.24) is 37.0 Å². The predicted molar refractivity (Wildman–Crippen MR) is 207 cm³/mol. The third kappa shape index (κ3) is 15.3. The van der Waals surface area contributed by atoms with Gasteiger partial charge in [0.05, 0.1) is 12.5 Å². The molecule has 8 atom stereocenters. The summed E-state index contributed by atoms with van der Waals surface area (Å²) in [6, 6.07) is 11.0. The lowest BCUT2D eigenvalue weighted by atomic mass is 9.97. The van der Waals surface area contributed by atoms with Crippen LogP contribution in [0.3, 0.4) is 0 Å². The van der Waals surface area contributed by atoms with Gasteiger partial charge in [0.2, 0.25) is 17.7 Å². The molecule has 1 saturated heterocycles. The molecule has 9 N–H and O–H groups in total. The maximum absolute atomic E-state index is 13.5. The van der Waals surface area contributed by atoms with Gasteiger partial charge in [0.25, 0.3) is 17.7 Å². The van der Waals surface area contributed by atoms with Crippen LogP contribution in [0.5, 0.6) is 0 Å². The monoisotopic (exact) mass is 841 g/mol. The summed E-state index contributed by atoms with van der Waals surface area (Å²) < 4.78 is 10.4. The van der Waals surface area contributed by atoms with E-state index in [1.165, 1.54) is 11.9 Å². The Labute approximate surface area is 344 Å². The highest BCUT2D eigenvalue weighted by Gasteiger charge is 2.51. The molecule has 0 aromatic heterocycles. The number of nitrogens with zero attached hydrogens (tertiary/aromatic N) is 1. The van der Waals surface area contributed by atoms with Crippen LogP contribution in [0, 0.1) is 5.92 Å². The second-order valence-electron chi connectivity index (χ2n) is 14.1. The molecule has 1 aliphatic heterocycles. The molecule has 1 heterocycles. The van der Waals surface area contributed by atoms with Crippen molar-refractivity contribution >= 4 is 53.5 Å². The summed E-state index contributed by atoms with van der Waals surface area (Å²) in [5.74, 6) is -9.43. The predicted octanol–water partition coefficient (Wildman–Crippen LogP) is -0.924. The van der Waals surface area contributed by atoms with Crippen molar-refractivity contribution < 1.29 is 67.9 Å². The van der Waals surface area contributed by atoms with Crippen molar-refractivity contribution in [3.63, 3.8) is 0 Å². The fourth-order valence-electron chi connectivity index (χ4n) is 5.63. The van der Waals surface area contributed by atoms with Crippen LogP contribution in [0.1, 0.15) is 57.6 Å². The number of aliphatic hydroxyl groups is 1. The Kier molecular flexibility index (Phi) is 18.4. The number of alkyl carbamates (subject to hydrolysis) is 1. The summed E-state index contributed by atoms with van der Waals surface area (Å²) in [5.41, 5.74) is 5.48. The van der Waals surface area contributed by atoms with E-state index in [4.69, 9.17) is 9.47 Å². The molecule has 21 heteroatoms. The molecule has 7 amide bonds. The van der Waals surface area contributed by atoms with Gasteiger partial charge >= 0.3 is 18.0 Å². The van der Waals surface area contributed by atoms with Crippen molar-refractivity contribution in [3.8, 4) is 0 Å². The standard InChI is InChI=1S/C39H51N7O14/c1-5-21(2)29(43-39(58)59-20-24-14-10-7-11-15-24)35(54)40-25(16-17-27(48)49)33(52)42-30(22(3)47)36(55)41-26(18-28(50)51)34(53)44-45-37(56)31-32(60-31)38(57)46(4)19-23-12-8-6-9-13-23/h6-15,21-22,25-26,29-32,47H,5,16-20H2,1-4H3,(H,40,54)(H,41,55)(H,42,52)(H,43,58)(H,44,53)(H,45,56)(H,48,49)(H,50,51)/t21-,22+,25-,26-,29-,30-,31?,32?/m0/s1. The van der Waals surface area contributed by atoms with Gasteiger partial charge < -0.3 is 51.0 Å². The number of carboxylic acid groups (broad SMARTS) is 2. The lowest BCUT2D eigenvalue weighted by Gasteiger charge is -2.28. The molecule has 2 unspecified atom stereocenters. The van der Waals surface area contributed by atoms with Gasteiger partial charge in [-0.25, -0.2) is 4.79 Å². The van der Waals surface area contributed by atoms with Crippen molar-refractivity contribution in [1.29, 1.82) is 0 Å². The minimum Gasteiger partial charge on any atom is -0.481 e. The zero-order chi connectivity index (χ0) is 44.5. The van der Waals surface area contributed by atoms with Crippen LogP contribution in [0.4, 0.5) is 4.79 Å². The summed E-state index contributed by atoms with van der Waals surface area (Å²) in [5, 5.41) is 38.4. The SMILES string of the molecule is CC[C@H](C)[C@H](NC(=O)OCc1ccccc1)C(=O)N[C@@H](CCC(=O)O)C(=O)N[C@H](C(=O)N[C@@H](CC(=O)O)C(=O)NNC(=O)C1OC1C(=O)N(C)Cc1ccccc1)[C@@H](C)O. The maximum Gasteiger partial charge on any atom is 0.408 e. The van der Waals surface area contributed by atoms with Crippen LogP contribution >= 0.6 is 0 Å². The summed E-state index contributed by atoms with van der Waals surface area (Å²) in [6.07, 6.45) is -6.87. The topological polar surface area (TPSA) is 312 Å². The van der Waals surface area contributed by atoms with Crippen molar-refractivity contribution in [2.24, 2.45) is 5.92 Å². The number of amides is 7. The van der Waals surface area contributed by atoms with Gasteiger partial charge in [0, 0.05) is 20.0 Å². The summed E-state index contributed by atoms with van der Waals surface area (Å²) in [4.78, 5) is 116. The molecule has 0 aliphatic carbocycles. The van der Waals surface area contributed by atoms with Crippen molar-refractivity contribution in [3.05, 3.63) is 71.8 Å². The largest absolute Gasteiger partial charge is 0.481 e. The molecule has 0 radical (unpaired) electrons. The first-order chi connectivity index (χ1) is 28.4. The molecule has 21 nitrogen and oxygen atoms in total. The summed E-state index contributed by atoms with van der Waals surface area (Å²) in [7, 11) is 1.51. The highest BCUT2D eigenvalue weighted by atomic mass is 16.6. The van der Waals surface area contributed by atoms with E-state index < -0.39 is 121 Å². The molecular weight excluding hydrogens is 790 g/mol. The third-order valence-electron chi connectivity index (χ3n) is 9.28. The quantitative estimate of drug-likeness (QED) is 0.0512.